The standard InChI is InChI=1S/C7H11N3O3/c1-4-7(11)5(9-10-8)3-6(12-2)13-4/h5-7,11H,1,3H2,2H3/t5-,6+,7-/m1/s1. The van der Waals surface area contributed by atoms with Crippen molar-refractivity contribution in [2.45, 2.75) is 24.9 Å². The molecule has 0 unspecified atom stereocenters. The Kier molecular flexibility index (Phi) is 3.13. The van der Waals surface area contributed by atoms with Gasteiger partial charge in [0.15, 0.2) is 6.29 Å². The predicted octanol–water partition coefficient (Wildman–Crippen LogP) is 0.933. The minimum absolute atomic E-state index is 0.176. The summed E-state index contributed by atoms with van der Waals surface area (Å²) in [5.74, 6) is 0.176. The third-order valence-corrected chi connectivity index (χ3v) is 1.87. The van der Waals surface area contributed by atoms with Gasteiger partial charge in [-0.3, -0.25) is 0 Å². The van der Waals surface area contributed by atoms with Crippen LogP contribution in [0.5, 0.6) is 0 Å². The first kappa shape index (κ1) is 9.85. The van der Waals surface area contributed by atoms with Gasteiger partial charge in [-0.05, 0) is 5.53 Å². The molecule has 0 aromatic rings. The van der Waals surface area contributed by atoms with E-state index >= 15 is 0 Å². The smallest absolute Gasteiger partial charge is 0.199 e. The van der Waals surface area contributed by atoms with Crippen molar-refractivity contribution < 1.29 is 14.6 Å². The molecule has 1 rings (SSSR count). The number of aliphatic hydroxyl groups is 1. The average molecular weight is 185 g/mol. The molecule has 1 saturated heterocycles. The van der Waals surface area contributed by atoms with Gasteiger partial charge >= 0.3 is 0 Å². The molecule has 0 aliphatic carbocycles. The summed E-state index contributed by atoms with van der Waals surface area (Å²) >= 11 is 0. The minimum atomic E-state index is -0.942. The van der Waals surface area contributed by atoms with E-state index in [9.17, 15) is 5.11 Å². The van der Waals surface area contributed by atoms with Gasteiger partial charge in [-0.15, -0.1) is 0 Å². The first-order valence-corrected chi connectivity index (χ1v) is 3.79. The van der Waals surface area contributed by atoms with Gasteiger partial charge < -0.3 is 14.6 Å². The maximum atomic E-state index is 9.44. The highest BCUT2D eigenvalue weighted by atomic mass is 16.7. The molecule has 0 radical (unpaired) electrons. The highest BCUT2D eigenvalue weighted by Gasteiger charge is 2.32. The molecule has 1 aliphatic heterocycles. The van der Waals surface area contributed by atoms with Gasteiger partial charge in [0, 0.05) is 18.4 Å². The molecule has 0 aromatic carbocycles. The molecule has 1 fully saturated rings. The van der Waals surface area contributed by atoms with Gasteiger partial charge in [0.05, 0.1) is 6.04 Å². The van der Waals surface area contributed by atoms with Crippen LogP contribution in [-0.4, -0.2) is 30.7 Å². The fraction of sp³-hybridized carbons (Fsp3) is 0.714. The summed E-state index contributed by atoms with van der Waals surface area (Å²) in [5.41, 5.74) is 8.22. The number of rotatable bonds is 2. The summed E-state index contributed by atoms with van der Waals surface area (Å²) in [7, 11) is 1.47. The normalized spacial score (nSPS) is 33.4. The summed E-state index contributed by atoms with van der Waals surface area (Å²) in [6.45, 7) is 3.49. The van der Waals surface area contributed by atoms with E-state index in [4.69, 9.17) is 15.0 Å². The van der Waals surface area contributed by atoms with Crippen LogP contribution in [-0.2, 0) is 9.47 Å². The lowest BCUT2D eigenvalue weighted by Gasteiger charge is -2.31. The van der Waals surface area contributed by atoms with Gasteiger partial charge in [0.2, 0.25) is 0 Å². The largest absolute Gasteiger partial charge is 0.467 e. The molecule has 6 heteroatoms. The number of ether oxygens (including phenoxy) is 2. The summed E-state index contributed by atoms with van der Waals surface area (Å²) in [6.07, 6.45) is -1.10. The Bertz CT molecular complexity index is 249. The first-order valence-electron chi connectivity index (χ1n) is 3.79. The summed E-state index contributed by atoms with van der Waals surface area (Å²) in [5, 5.41) is 12.9. The number of hydrogen-bond acceptors (Lipinski definition) is 4. The monoisotopic (exact) mass is 185 g/mol. The predicted molar refractivity (Wildman–Crippen MR) is 44.6 cm³/mol. The second kappa shape index (κ2) is 4.13. The molecule has 6 nitrogen and oxygen atoms in total. The third kappa shape index (κ3) is 2.12. The number of nitrogens with zero attached hydrogens (tertiary/aromatic N) is 3. The number of hydrogen-bond donors (Lipinski definition) is 1. The quantitative estimate of drug-likeness (QED) is 0.394. The van der Waals surface area contributed by atoms with Crippen LogP contribution in [0.3, 0.4) is 0 Å². The van der Waals surface area contributed by atoms with Crippen LogP contribution in [0, 0.1) is 0 Å². The molecular weight excluding hydrogens is 174 g/mol. The molecule has 0 saturated carbocycles. The zero-order valence-electron chi connectivity index (χ0n) is 7.25. The summed E-state index contributed by atoms with van der Waals surface area (Å²) in [4.78, 5) is 2.63. The molecule has 0 bridgehead atoms. The zero-order valence-corrected chi connectivity index (χ0v) is 7.25. The van der Waals surface area contributed by atoms with Gasteiger partial charge in [0.25, 0.3) is 0 Å². The number of methoxy groups -OCH3 is 1. The topological polar surface area (TPSA) is 87.5 Å². The van der Waals surface area contributed by atoms with E-state index in [1.165, 1.54) is 7.11 Å². The molecule has 0 aromatic heterocycles. The Hall–Kier alpha value is -1.23. The molecule has 13 heavy (non-hydrogen) atoms. The fourth-order valence-electron chi connectivity index (χ4n) is 1.15. The number of azide groups is 1. The van der Waals surface area contributed by atoms with Crippen LogP contribution in [0.25, 0.3) is 10.4 Å². The van der Waals surface area contributed by atoms with Crippen LogP contribution < -0.4 is 0 Å². The summed E-state index contributed by atoms with van der Waals surface area (Å²) in [6, 6.07) is -0.559. The van der Waals surface area contributed by atoms with Gasteiger partial charge in [0.1, 0.15) is 11.9 Å². The molecule has 0 amide bonds. The molecule has 72 valence electrons. The maximum absolute atomic E-state index is 9.44. The highest BCUT2D eigenvalue weighted by Crippen LogP contribution is 2.24. The Balaban J connectivity index is 2.71. The van der Waals surface area contributed by atoms with Crippen LogP contribution in [0.4, 0.5) is 0 Å². The Morgan fingerprint density at radius 2 is 2.54 bits per heavy atom. The second-order valence-electron chi connectivity index (χ2n) is 2.70. The van der Waals surface area contributed by atoms with Crippen LogP contribution in [0.1, 0.15) is 6.42 Å². The van der Waals surface area contributed by atoms with E-state index in [2.05, 4.69) is 16.6 Å². The van der Waals surface area contributed by atoms with Crippen LogP contribution in [0.15, 0.2) is 17.5 Å². The van der Waals surface area contributed by atoms with Crippen molar-refractivity contribution in [3.8, 4) is 0 Å². The van der Waals surface area contributed by atoms with E-state index in [-0.39, 0.29) is 5.76 Å². The van der Waals surface area contributed by atoms with Crippen molar-refractivity contribution in [3.05, 3.63) is 22.8 Å². The second-order valence-corrected chi connectivity index (χ2v) is 2.70. The lowest BCUT2D eigenvalue weighted by Crippen LogP contribution is -2.38. The molecule has 1 aliphatic rings. The van der Waals surface area contributed by atoms with Crippen molar-refractivity contribution >= 4 is 0 Å². The van der Waals surface area contributed by atoms with Gasteiger partial charge in [-0.25, -0.2) is 0 Å². The first-order chi connectivity index (χ1) is 6.19. The van der Waals surface area contributed by atoms with Crippen molar-refractivity contribution in [3.63, 3.8) is 0 Å². The molecule has 3 atom stereocenters. The van der Waals surface area contributed by atoms with Gasteiger partial charge in [-0.1, -0.05) is 11.7 Å². The molecule has 1 heterocycles. The highest BCUT2D eigenvalue weighted by molar-refractivity contribution is 5.02. The third-order valence-electron chi connectivity index (χ3n) is 1.87. The Morgan fingerprint density at radius 1 is 1.85 bits per heavy atom. The van der Waals surface area contributed by atoms with E-state index in [0.29, 0.717) is 6.42 Å². The van der Waals surface area contributed by atoms with E-state index in [1.807, 2.05) is 0 Å². The maximum Gasteiger partial charge on any atom is 0.199 e. The SMILES string of the molecule is C=C1O[C@H](OC)C[C@@H](N=[N+]=[N-])[C@@H]1O. The van der Waals surface area contributed by atoms with Crippen molar-refractivity contribution in [2.75, 3.05) is 7.11 Å². The Morgan fingerprint density at radius 3 is 3.08 bits per heavy atom. The van der Waals surface area contributed by atoms with Gasteiger partial charge in [-0.2, -0.15) is 0 Å². The fourth-order valence-corrected chi connectivity index (χ4v) is 1.15. The van der Waals surface area contributed by atoms with E-state index in [1.54, 1.807) is 0 Å². The molecule has 1 N–H and O–H groups in total. The van der Waals surface area contributed by atoms with Crippen LogP contribution in [0.2, 0.25) is 0 Å². The van der Waals surface area contributed by atoms with Crippen molar-refractivity contribution in [1.29, 1.82) is 0 Å². The lowest BCUT2D eigenvalue weighted by atomic mass is 10.0. The average Bonchev–Trinajstić information content (AvgIpc) is 2.13. The zero-order chi connectivity index (χ0) is 9.84. The van der Waals surface area contributed by atoms with Crippen molar-refractivity contribution in [2.24, 2.45) is 5.11 Å². The van der Waals surface area contributed by atoms with Crippen molar-refractivity contribution in [1.82, 2.24) is 0 Å². The van der Waals surface area contributed by atoms with E-state index < -0.39 is 18.4 Å². The Labute approximate surface area is 75.4 Å². The lowest BCUT2D eigenvalue weighted by molar-refractivity contribution is -0.142. The molecule has 0 spiro atoms. The molecular formula is C7H11N3O3. The van der Waals surface area contributed by atoms with Crippen LogP contribution >= 0.6 is 0 Å². The minimum Gasteiger partial charge on any atom is -0.467 e. The summed E-state index contributed by atoms with van der Waals surface area (Å²) < 4.78 is 9.98. The number of aliphatic hydroxyl groups excluding tert-OH is 1. The van der Waals surface area contributed by atoms with E-state index in [0.717, 1.165) is 0 Å².